The van der Waals surface area contributed by atoms with Crippen molar-refractivity contribution >= 4 is 41.1 Å². The van der Waals surface area contributed by atoms with Gasteiger partial charge in [0.05, 0.1) is 12.2 Å². The van der Waals surface area contributed by atoms with Gasteiger partial charge in [-0.1, -0.05) is 48.5 Å². The van der Waals surface area contributed by atoms with Crippen molar-refractivity contribution in [3.8, 4) is 16.9 Å². The van der Waals surface area contributed by atoms with Gasteiger partial charge in [0.1, 0.15) is 5.82 Å². The van der Waals surface area contributed by atoms with Crippen LogP contribution in [-0.4, -0.2) is 17.3 Å². The van der Waals surface area contributed by atoms with Gasteiger partial charge in [0.2, 0.25) is 0 Å². The smallest absolute Gasteiger partial charge is 0.414 e. The fourth-order valence-electron chi connectivity index (χ4n) is 4.01. The van der Waals surface area contributed by atoms with Crippen LogP contribution >= 0.6 is 7.60 Å². The quantitative estimate of drug-likeness (QED) is 0.259. The van der Waals surface area contributed by atoms with E-state index in [0.29, 0.717) is 16.8 Å². The fourth-order valence-corrected chi connectivity index (χ4v) is 4.89. The molecule has 1 N–H and O–H groups in total. The third-order valence-corrected chi connectivity index (χ3v) is 6.67. The van der Waals surface area contributed by atoms with Crippen molar-refractivity contribution in [3.63, 3.8) is 0 Å². The maximum atomic E-state index is 13.3. The number of amides is 1. The van der Waals surface area contributed by atoms with E-state index < -0.39 is 13.7 Å². The number of halogens is 1. The molecule has 0 radical (unpaired) electrons. The Kier molecular flexibility index (Phi) is 5.79. The minimum atomic E-state index is -3.82. The predicted molar refractivity (Wildman–Crippen MR) is 137 cm³/mol. The number of anilines is 1. The second-order valence-electron chi connectivity index (χ2n) is 8.27. The van der Waals surface area contributed by atoms with E-state index in [1.807, 2.05) is 60.1 Å². The highest BCUT2D eigenvalue weighted by Gasteiger charge is 2.26. The number of hydrogen-bond acceptors (Lipinski definition) is 4. The zero-order valence-electron chi connectivity index (χ0n) is 19.1. The van der Waals surface area contributed by atoms with Crippen LogP contribution in [-0.2, 0) is 16.1 Å². The molecule has 1 atom stereocenters. The van der Waals surface area contributed by atoms with Crippen molar-refractivity contribution in [3.05, 3.63) is 96.9 Å². The summed E-state index contributed by atoms with van der Waals surface area (Å²) >= 11 is 0. The van der Waals surface area contributed by atoms with Gasteiger partial charge in [0.25, 0.3) is 0 Å². The molecule has 6 nitrogen and oxygen atoms in total. The summed E-state index contributed by atoms with van der Waals surface area (Å²) in [6, 6.07) is 25.0. The van der Waals surface area contributed by atoms with Crippen LogP contribution < -0.4 is 9.84 Å². The van der Waals surface area contributed by atoms with Gasteiger partial charge < -0.3 is 13.6 Å². The van der Waals surface area contributed by atoms with Crippen molar-refractivity contribution < 1.29 is 22.8 Å². The van der Waals surface area contributed by atoms with Crippen LogP contribution in [0.1, 0.15) is 0 Å². The molecule has 0 aliphatic heterocycles. The highest BCUT2D eigenvalue weighted by atomic mass is 31.2. The number of fused-ring (bicyclic) bond motifs is 2. The van der Waals surface area contributed by atoms with E-state index in [-0.39, 0.29) is 5.82 Å². The Hall–Kier alpha value is -4.09. The molecule has 176 valence electrons. The number of carbonyl (C=O) groups is 1. The second kappa shape index (κ2) is 8.93. The Labute approximate surface area is 201 Å². The van der Waals surface area contributed by atoms with E-state index in [1.165, 1.54) is 18.8 Å². The van der Waals surface area contributed by atoms with Crippen LogP contribution in [0.15, 0.2) is 91.1 Å². The third-order valence-electron chi connectivity index (χ3n) is 5.64. The third kappa shape index (κ3) is 4.91. The lowest BCUT2D eigenvalue weighted by molar-refractivity contribution is 0.209. The summed E-state index contributed by atoms with van der Waals surface area (Å²) in [6.45, 7) is 1.25. The molecular formula is C27H22FN2O4P. The lowest BCUT2D eigenvalue weighted by Gasteiger charge is -2.15. The van der Waals surface area contributed by atoms with Gasteiger partial charge in [0, 0.05) is 24.3 Å². The molecule has 0 fully saturated rings. The summed E-state index contributed by atoms with van der Waals surface area (Å²) in [5.74, 6) is 0.000369. The van der Waals surface area contributed by atoms with Crippen molar-refractivity contribution in [2.75, 3.05) is 12.0 Å². The molecule has 8 heteroatoms. The first kappa shape index (κ1) is 22.7. The maximum absolute atomic E-state index is 13.3. The standard InChI is InChI=1S/C27H22FN2O4P/c1-30-17-26(24-16-21(10-14-25(24)30)19-7-11-22(28)12-8-19)33-35(2,32)34-27(31)29-23-13-9-18-5-3-4-6-20(18)15-23/h3-17H,1-2H3,(H,29,31). The number of hydrogen-bond donors (Lipinski definition) is 1. The number of aryl methyl sites for hydroxylation is 1. The first-order valence-electron chi connectivity index (χ1n) is 10.9. The lowest BCUT2D eigenvalue weighted by Crippen LogP contribution is -2.13. The molecule has 0 saturated carbocycles. The molecule has 5 rings (SSSR count). The molecule has 0 saturated heterocycles. The molecule has 0 aliphatic carbocycles. The topological polar surface area (TPSA) is 69.6 Å². The van der Waals surface area contributed by atoms with Gasteiger partial charge >= 0.3 is 13.7 Å². The van der Waals surface area contributed by atoms with Crippen LogP contribution in [0.3, 0.4) is 0 Å². The molecule has 5 aromatic rings. The van der Waals surface area contributed by atoms with Gasteiger partial charge in [0.15, 0.2) is 5.75 Å². The Bertz CT molecular complexity index is 1610. The first-order chi connectivity index (χ1) is 16.8. The summed E-state index contributed by atoms with van der Waals surface area (Å²) in [6.07, 6.45) is 0.804. The SMILES string of the molecule is Cn1cc(OP(C)(=O)OC(=O)Nc2ccc3ccccc3c2)c2cc(-c3ccc(F)cc3)ccc21. The van der Waals surface area contributed by atoms with Crippen LogP contribution in [0.25, 0.3) is 32.8 Å². The van der Waals surface area contributed by atoms with Crippen LogP contribution in [0.5, 0.6) is 5.75 Å². The zero-order valence-corrected chi connectivity index (χ0v) is 20.0. The first-order valence-corrected chi connectivity index (χ1v) is 12.9. The molecular weight excluding hydrogens is 466 g/mol. The van der Waals surface area contributed by atoms with Crippen molar-refractivity contribution in [1.82, 2.24) is 4.57 Å². The number of benzene rings is 4. The van der Waals surface area contributed by atoms with Gasteiger partial charge in [-0.2, -0.15) is 0 Å². The maximum Gasteiger partial charge on any atom is 0.431 e. The van der Waals surface area contributed by atoms with Crippen LogP contribution in [0.4, 0.5) is 14.9 Å². The number of aromatic nitrogens is 1. The minimum Gasteiger partial charge on any atom is -0.414 e. The zero-order chi connectivity index (χ0) is 24.6. The fraction of sp³-hybridized carbons (Fsp3) is 0.0741. The second-order valence-corrected chi connectivity index (χ2v) is 10.2. The van der Waals surface area contributed by atoms with Gasteiger partial charge in [-0.3, -0.25) is 5.32 Å². The van der Waals surface area contributed by atoms with Crippen molar-refractivity contribution in [2.24, 2.45) is 7.05 Å². The Morgan fingerprint density at radius 3 is 2.40 bits per heavy atom. The van der Waals surface area contributed by atoms with E-state index in [0.717, 1.165) is 27.4 Å². The monoisotopic (exact) mass is 488 g/mol. The Balaban J connectivity index is 1.35. The summed E-state index contributed by atoms with van der Waals surface area (Å²) in [5.41, 5.74) is 3.03. The summed E-state index contributed by atoms with van der Waals surface area (Å²) in [4.78, 5) is 12.5. The number of rotatable bonds is 5. The predicted octanol–water partition coefficient (Wildman–Crippen LogP) is 7.59. The number of carbonyl (C=O) groups excluding carboxylic acids is 1. The summed E-state index contributed by atoms with van der Waals surface area (Å²) in [5, 5.41) is 5.28. The van der Waals surface area contributed by atoms with Crippen molar-refractivity contribution in [1.29, 1.82) is 0 Å². The summed E-state index contributed by atoms with van der Waals surface area (Å²) < 4.78 is 39.1. The van der Waals surface area contributed by atoms with Gasteiger partial charge in [-0.25, -0.2) is 13.8 Å². The highest BCUT2D eigenvalue weighted by molar-refractivity contribution is 7.54. The molecule has 0 spiro atoms. The van der Waals surface area contributed by atoms with Crippen LogP contribution in [0, 0.1) is 5.82 Å². The van der Waals surface area contributed by atoms with Gasteiger partial charge in [-0.15, -0.1) is 0 Å². The molecule has 1 amide bonds. The minimum absolute atomic E-state index is 0.315. The van der Waals surface area contributed by atoms with Crippen molar-refractivity contribution in [2.45, 2.75) is 0 Å². The highest BCUT2D eigenvalue weighted by Crippen LogP contribution is 2.47. The molecule has 4 aromatic carbocycles. The van der Waals surface area contributed by atoms with Crippen LogP contribution in [0.2, 0.25) is 0 Å². The van der Waals surface area contributed by atoms with E-state index in [2.05, 4.69) is 5.32 Å². The molecule has 35 heavy (non-hydrogen) atoms. The molecule has 1 aromatic heterocycles. The Morgan fingerprint density at radius 2 is 1.63 bits per heavy atom. The molecule has 1 heterocycles. The Morgan fingerprint density at radius 1 is 0.914 bits per heavy atom. The molecule has 0 aliphatic rings. The molecule has 1 unspecified atom stereocenters. The lowest BCUT2D eigenvalue weighted by atomic mass is 10.0. The average Bonchev–Trinajstić information content (AvgIpc) is 3.12. The largest absolute Gasteiger partial charge is 0.431 e. The van der Waals surface area contributed by atoms with E-state index in [1.54, 1.807) is 30.5 Å². The molecule has 0 bridgehead atoms. The van der Waals surface area contributed by atoms with Gasteiger partial charge in [-0.05, 0) is 58.3 Å². The average molecular weight is 488 g/mol. The number of nitrogens with zero attached hydrogens (tertiary/aromatic N) is 1. The van der Waals surface area contributed by atoms with E-state index in [9.17, 15) is 13.8 Å². The normalized spacial score (nSPS) is 12.9. The number of nitrogens with one attached hydrogen (secondary N) is 1. The summed E-state index contributed by atoms with van der Waals surface area (Å²) in [7, 11) is -1.98. The van der Waals surface area contributed by atoms with E-state index in [4.69, 9.17) is 9.05 Å². The van der Waals surface area contributed by atoms with E-state index >= 15 is 0 Å².